The van der Waals surface area contributed by atoms with E-state index in [1.165, 1.54) is 24.3 Å². The molecule has 19 heavy (non-hydrogen) atoms. The van der Waals surface area contributed by atoms with Crippen molar-refractivity contribution in [3.05, 3.63) is 39.9 Å². The van der Waals surface area contributed by atoms with Crippen LogP contribution in [0, 0.1) is 10.1 Å². The minimum absolute atomic E-state index is 0.0462. The zero-order valence-electron chi connectivity index (χ0n) is 11.3. The number of carbonyl (C=O) groups is 1. The molecule has 0 amide bonds. The van der Waals surface area contributed by atoms with Crippen LogP contribution in [-0.4, -0.2) is 19.2 Å². The van der Waals surface area contributed by atoms with Crippen molar-refractivity contribution >= 4 is 19.9 Å². The van der Waals surface area contributed by atoms with Gasteiger partial charge in [-0.25, -0.2) is 0 Å². The largest absolute Gasteiger partial charge is 0.542 e. The molecule has 0 heterocycles. The molecule has 0 saturated heterocycles. The van der Waals surface area contributed by atoms with Crippen molar-refractivity contribution in [3.63, 3.8) is 0 Å². The molecule has 0 fully saturated rings. The highest BCUT2D eigenvalue weighted by Crippen LogP contribution is 2.36. The van der Waals surface area contributed by atoms with Crippen LogP contribution in [0.3, 0.4) is 0 Å². The maximum absolute atomic E-state index is 10.8. The van der Waals surface area contributed by atoms with Crippen LogP contribution in [0.5, 0.6) is 0 Å². The van der Waals surface area contributed by atoms with E-state index >= 15 is 0 Å². The molecule has 1 rings (SSSR count). The standard InChI is InChI=1S/C12H17NO5Si/c1-12(18-11(14)15,19(2,3)4)9-5-7-10(8-6-9)13(16)17/h5-8H,1-4H3,(H,14,15)/p-1. The Labute approximate surface area is 112 Å². The quantitative estimate of drug-likeness (QED) is 0.364. The third kappa shape index (κ3) is 3.11. The first-order chi connectivity index (χ1) is 8.58. The maximum atomic E-state index is 10.8. The Morgan fingerprint density at radius 3 is 2.05 bits per heavy atom. The van der Waals surface area contributed by atoms with E-state index in [1.54, 1.807) is 6.92 Å². The van der Waals surface area contributed by atoms with Gasteiger partial charge in [-0.15, -0.1) is 0 Å². The molecule has 0 spiro atoms. The number of rotatable bonds is 4. The Morgan fingerprint density at radius 2 is 1.74 bits per heavy atom. The van der Waals surface area contributed by atoms with Crippen LogP contribution in [0.4, 0.5) is 10.5 Å². The minimum Gasteiger partial charge on any atom is -0.542 e. The fraction of sp³-hybridized carbons (Fsp3) is 0.417. The predicted molar refractivity (Wildman–Crippen MR) is 70.3 cm³/mol. The molecule has 104 valence electrons. The third-order valence-electron chi connectivity index (χ3n) is 3.35. The number of nitro benzene ring substituents is 1. The van der Waals surface area contributed by atoms with Gasteiger partial charge in [0.2, 0.25) is 0 Å². The SMILES string of the molecule is CC(OC(=O)[O-])(c1ccc([N+](=O)[O-])cc1)[Si](C)(C)C. The highest BCUT2D eigenvalue weighted by molar-refractivity contribution is 6.78. The Kier molecular flexibility index (Phi) is 3.99. The molecule has 0 aliphatic rings. The van der Waals surface area contributed by atoms with E-state index in [2.05, 4.69) is 0 Å². The summed E-state index contributed by atoms with van der Waals surface area (Å²) < 4.78 is 4.99. The first kappa shape index (κ1) is 15.2. The molecule has 0 saturated carbocycles. The molecule has 0 radical (unpaired) electrons. The lowest BCUT2D eigenvalue weighted by molar-refractivity contribution is -0.384. The summed E-state index contributed by atoms with van der Waals surface area (Å²) in [7, 11) is -2.07. The van der Waals surface area contributed by atoms with Crippen molar-refractivity contribution < 1.29 is 19.6 Å². The second-order valence-electron chi connectivity index (χ2n) is 5.44. The average Bonchev–Trinajstić information content (AvgIpc) is 2.26. The third-order valence-corrected chi connectivity index (χ3v) is 6.60. The van der Waals surface area contributed by atoms with E-state index in [0.29, 0.717) is 5.56 Å². The fourth-order valence-electron chi connectivity index (χ4n) is 1.71. The summed E-state index contributed by atoms with van der Waals surface area (Å²) >= 11 is 0. The van der Waals surface area contributed by atoms with Gasteiger partial charge >= 0.3 is 0 Å². The van der Waals surface area contributed by atoms with Gasteiger partial charge < -0.3 is 14.6 Å². The van der Waals surface area contributed by atoms with E-state index in [9.17, 15) is 20.0 Å². The van der Waals surface area contributed by atoms with Crippen molar-refractivity contribution in [3.8, 4) is 0 Å². The van der Waals surface area contributed by atoms with Gasteiger partial charge in [-0.05, 0) is 12.5 Å². The van der Waals surface area contributed by atoms with E-state index in [1.807, 2.05) is 19.6 Å². The number of hydrogen-bond donors (Lipinski definition) is 0. The van der Waals surface area contributed by atoms with E-state index in [4.69, 9.17) is 4.74 Å². The Bertz CT molecular complexity index is 494. The summed E-state index contributed by atoms with van der Waals surface area (Å²) in [4.78, 5) is 20.9. The fourth-order valence-corrected chi connectivity index (χ4v) is 3.14. The van der Waals surface area contributed by atoms with E-state index < -0.39 is 24.4 Å². The number of non-ortho nitro benzene ring substituents is 1. The molecule has 0 bridgehead atoms. The highest BCUT2D eigenvalue weighted by Gasteiger charge is 2.40. The summed E-state index contributed by atoms with van der Waals surface area (Å²) in [6.45, 7) is 7.54. The van der Waals surface area contributed by atoms with Gasteiger partial charge in [0.15, 0.2) is 0 Å². The van der Waals surface area contributed by atoms with Crippen molar-refractivity contribution in [2.45, 2.75) is 31.8 Å². The zero-order chi connectivity index (χ0) is 14.8. The minimum atomic E-state index is -2.07. The van der Waals surface area contributed by atoms with Crippen LogP contribution in [0.1, 0.15) is 12.5 Å². The summed E-state index contributed by atoms with van der Waals surface area (Å²) in [5.41, 5.74) is 0.552. The van der Waals surface area contributed by atoms with Crippen LogP contribution in [-0.2, 0) is 9.96 Å². The molecular weight excluding hydrogens is 266 g/mol. The Hall–Kier alpha value is -1.89. The number of hydrogen-bond acceptors (Lipinski definition) is 5. The molecule has 0 aliphatic carbocycles. The lowest BCUT2D eigenvalue weighted by Crippen LogP contribution is -2.52. The first-order valence-electron chi connectivity index (χ1n) is 5.73. The lowest BCUT2D eigenvalue weighted by Gasteiger charge is -2.44. The molecule has 7 heteroatoms. The molecule has 1 aromatic rings. The smallest absolute Gasteiger partial charge is 0.269 e. The second-order valence-corrected chi connectivity index (χ2v) is 10.9. The van der Waals surface area contributed by atoms with Gasteiger partial charge in [-0.1, -0.05) is 31.8 Å². The Morgan fingerprint density at radius 1 is 1.26 bits per heavy atom. The van der Waals surface area contributed by atoms with Gasteiger partial charge in [-0.2, -0.15) is 0 Å². The van der Waals surface area contributed by atoms with Crippen LogP contribution < -0.4 is 5.11 Å². The maximum Gasteiger partial charge on any atom is 0.269 e. The molecular formula is C12H16NO5Si-. The predicted octanol–water partition coefficient (Wildman–Crippen LogP) is 2.05. The van der Waals surface area contributed by atoms with Gasteiger partial charge in [0, 0.05) is 12.1 Å². The van der Waals surface area contributed by atoms with Gasteiger partial charge in [0.25, 0.3) is 11.8 Å². The molecule has 0 aromatic heterocycles. The number of nitro groups is 1. The van der Waals surface area contributed by atoms with Crippen molar-refractivity contribution in [2.75, 3.05) is 0 Å². The lowest BCUT2D eigenvalue weighted by atomic mass is 10.1. The van der Waals surface area contributed by atoms with E-state index in [-0.39, 0.29) is 5.69 Å². The van der Waals surface area contributed by atoms with Crippen LogP contribution in [0.25, 0.3) is 0 Å². The van der Waals surface area contributed by atoms with Crippen molar-refractivity contribution in [2.24, 2.45) is 0 Å². The zero-order valence-corrected chi connectivity index (χ0v) is 12.3. The molecule has 6 nitrogen and oxygen atoms in total. The van der Waals surface area contributed by atoms with E-state index in [0.717, 1.165) is 0 Å². The van der Waals surface area contributed by atoms with Crippen LogP contribution in [0.2, 0.25) is 19.6 Å². The number of carboxylic acid groups (broad SMARTS) is 1. The van der Waals surface area contributed by atoms with Crippen molar-refractivity contribution in [1.29, 1.82) is 0 Å². The number of carbonyl (C=O) groups excluding carboxylic acids is 1. The number of nitrogens with zero attached hydrogens (tertiary/aromatic N) is 1. The molecule has 1 atom stereocenters. The summed E-state index contributed by atoms with van der Waals surface area (Å²) in [5, 5.41) is 20.4. The van der Waals surface area contributed by atoms with Gasteiger partial charge in [0.1, 0.15) is 0 Å². The molecule has 1 unspecified atom stereocenters. The summed E-state index contributed by atoms with van der Waals surface area (Å²) in [6.07, 6.45) is -1.59. The van der Waals surface area contributed by atoms with Gasteiger partial charge in [-0.3, -0.25) is 10.1 Å². The monoisotopic (exact) mass is 282 g/mol. The van der Waals surface area contributed by atoms with Crippen molar-refractivity contribution in [1.82, 2.24) is 0 Å². The molecule has 0 N–H and O–H groups in total. The number of ether oxygens (including phenoxy) is 1. The van der Waals surface area contributed by atoms with Gasteiger partial charge in [0.05, 0.1) is 18.2 Å². The van der Waals surface area contributed by atoms with Crippen LogP contribution in [0.15, 0.2) is 24.3 Å². The summed E-state index contributed by atoms with van der Waals surface area (Å²) in [5.74, 6) is 0. The average molecular weight is 282 g/mol. The first-order valence-corrected chi connectivity index (χ1v) is 9.23. The topological polar surface area (TPSA) is 92.5 Å². The second kappa shape index (κ2) is 5.00. The Balaban J connectivity index is 3.26. The summed E-state index contributed by atoms with van der Waals surface area (Å²) in [6, 6.07) is 5.73. The molecule has 0 aliphatic heterocycles. The van der Waals surface area contributed by atoms with Crippen LogP contribution >= 0.6 is 0 Å². The highest BCUT2D eigenvalue weighted by atomic mass is 28.3. The molecule has 1 aromatic carbocycles. The normalized spacial score (nSPS) is 14.5. The number of benzene rings is 1.